The third-order valence-electron chi connectivity index (χ3n) is 6.50. The molecule has 1 heterocycles. The zero-order valence-corrected chi connectivity index (χ0v) is 16.0. The molecule has 1 saturated heterocycles. The summed E-state index contributed by atoms with van der Waals surface area (Å²) in [7, 11) is 1.69. The molecule has 5 heteroatoms. The highest BCUT2D eigenvalue weighted by molar-refractivity contribution is 5.80. The van der Waals surface area contributed by atoms with Crippen molar-refractivity contribution in [3.05, 3.63) is 29.8 Å². The first-order chi connectivity index (χ1) is 12.8. The van der Waals surface area contributed by atoms with Gasteiger partial charge >= 0.3 is 0 Å². The van der Waals surface area contributed by atoms with Gasteiger partial charge in [0.2, 0.25) is 0 Å². The number of methoxy groups -OCH3 is 1. The van der Waals surface area contributed by atoms with E-state index in [9.17, 15) is 0 Å². The minimum absolute atomic E-state index is 0.345. The predicted molar refractivity (Wildman–Crippen MR) is 103 cm³/mol. The fourth-order valence-corrected chi connectivity index (χ4v) is 5.27. The summed E-state index contributed by atoms with van der Waals surface area (Å²) in [5, 5.41) is 7.22. The van der Waals surface area contributed by atoms with Crippen LogP contribution >= 0.6 is 0 Å². The smallest absolute Gasteiger partial charge is 0.191 e. The second kappa shape index (κ2) is 7.47. The van der Waals surface area contributed by atoms with Gasteiger partial charge in [0.15, 0.2) is 5.96 Å². The number of ether oxygens (including phenoxy) is 2. The van der Waals surface area contributed by atoms with E-state index in [1.807, 2.05) is 12.1 Å². The zero-order chi connectivity index (χ0) is 18.0. The summed E-state index contributed by atoms with van der Waals surface area (Å²) in [6, 6.07) is 8.64. The lowest BCUT2D eigenvalue weighted by molar-refractivity contribution is -0.125. The molecule has 0 amide bonds. The molecule has 0 aromatic heterocycles. The van der Waals surface area contributed by atoms with Gasteiger partial charge in [0.05, 0.1) is 19.8 Å². The summed E-state index contributed by atoms with van der Waals surface area (Å²) in [5.74, 6) is 2.47. The van der Waals surface area contributed by atoms with Crippen molar-refractivity contribution in [3.63, 3.8) is 0 Å². The van der Waals surface area contributed by atoms with E-state index in [1.54, 1.807) is 7.11 Å². The number of hydrogen-bond acceptors (Lipinski definition) is 3. The summed E-state index contributed by atoms with van der Waals surface area (Å²) in [6.07, 6.45) is 6.93. The molecule has 1 spiro atoms. The molecule has 1 aromatic carbocycles. The maximum atomic E-state index is 6.10. The van der Waals surface area contributed by atoms with Crippen LogP contribution in [0.5, 0.6) is 5.75 Å². The summed E-state index contributed by atoms with van der Waals surface area (Å²) < 4.78 is 11.3. The van der Waals surface area contributed by atoms with Crippen LogP contribution in [-0.2, 0) is 11.3 Å². The summed E-state index contributed by atoms with van der Waals surface area (Å²) in [5.41, 5.74) is 1.53. The fraction of sp³-hybridized carbons (Fsp3) is 0.667. The van der Waals surface area contributed by atoms with Crippen molar-refractivity contribution >= 4 is 5.96 Å². The van der Waals surface area contributed by atoms with Gasteiger partial charge in [0.25, 0.3) is 0 Å². The normalized spacial score (nSPS) is 29.3. The molecule has 2 aliphatic carbocycles. The quantitative estimate of drug-likeness (QED) is 0.628. The summed E-state index contributed by atoms with van der Waals surface area (Å²) >= 11 is 0. The Morgan fingerprint density at radius 2 is 2.04 bits per heavy atom. The molecule has 0 radical (unpaired) electrons. The summed E-state index contributed by atoms with van der Waals surface area (Å²) in [4.78, 5) is 4.84. The zero-order valence-electron chi connectivity index (χ0n) is 16.0. The van der Waals surface area contributed by atoms with E-state index in [0.29, 0.717) is 30.0 Å². The SMILES string of the molecule is CCNC(=NCc1ccc(OC)cc1)NC1C2CCOC2C12CCCC2. The van der Waals surface area contributed by atoms with Gasteiger partial charge < -0.3 is 20.1 Å². The molecule has 1 aliphatic heterocycles. The molecule has 142 valence electrons. The Kier molecular flexibility index (Phi) is 5.07. The highest BCUT2D eigenvalue weighted by Crippen LogP contribution is 2.60. The second-order valence-electron chi connectivity index (χ2n) is 7.85. The number of aliphatic imine (C=N–C) groups is 1. The number of hydrogen-bond donors (Lipinski definition) is 2. The first kappa shape index (κ1) is 17.7. The molecule has 2 saturated carbocycles. The first-order valence-corrected chi connectivity index (χ1v) is 10.1. The number of fused-ring (bicyclic) bond motifs is 2. The van der Waals surface area contributed by atoms with Crippen LogP contribution in [0.3, 0.4) is 0 Å². The molecule has 0 bridgehead atoms. The van der Waals surface area contributed by atoms with Crippen molar-refractivity contribution in [2.75, 3.05) is 20.3 Å². The molecule has 3 unspecified atom stereocenters. The molecule has 5 nitrogen and oxygen atoms in total. The van der Waals surface area contributed by atoms with Gasteiger partial charge in [-0.25, -0.2) is 4.99 Å². The van der Waals surface area contributed by atoms with Crippen molar-refractivity contribution in [2.45, 2.75) is 57.7 Å². The minimum Gasteiger partial charge on any atom is -0.497 e. The number of rotatable bonds is 5. The van der Waals surface area contributed by atoms with Crippen LogP contribution in [0.15, 0.2) is 29.3 Å². The monoisotopic (exact) mass is 357 g/mol. The van der Waals surface area contributed by atoms with Gasteiger partial charge in [-0.15, -0.1) is 0 Å². The largest absolute Gasteiger partial charge is 0.497 e. The molecule has 3 aliphatic rings. The molecule has 3 fully saturated rings. The Balaban J connectivity index is 1.45. The van der Waals surface area contributed by atoms with Crippen LogP contribution in [0, 0.1) is 11.3 Å². The van der Waals surface area contributed by atoms with Gasteiger partial charge in [0.1, 0.15) is 5.75 Å². The average Bonchev–Trinajstić information content (AvgIpc) is 3.33. The molecule has 4 rings (SSSR count). The highest BCUT2D eigenvalue weighted by atomic mass is 16.5. The van der Waals surface area contributed by atoms with Crippen molar-refractivity contribution in [1.82, 2.24) is 10.6 Å². The minimum atomic E-state index is 0.345. The Bertz CT molecular complexity index is 637. The Hall–Kier alpha value is -1.75. The van der Waals surface area contributed by atoms with Crippen molar-refractivity contribution in [1.29, 1.82) is 0 Å². The van der Waals surface area contributed by atoms with Crippen LogP contribution in [-0.4, -0.2) is 38.4 Å². The maximum absolute atomic E-state index is 6.10. The van der Waals surface area contributed by atoms with Crippen LogP contribution in [0.25, 0.3) is 0 Å². The van der Waals surface area contributed by atoms with Crippen LogP contribution in [0.4, 0.5) is 0 Å². The maximum Gasteiger partial charge on any atom is 0.191 e. The van der Waals surface area contributed by atoms with Crippen LogP contribution < -0.4 is 15.4 Å². The molecule has 26 heavy (non-hydrogen) atoms. The molecular weight excluding hydrogens is 326 g/mol. The predicted octanol–water partition coefficient (Wildman–Crippen LogP) is 3.10. The highest BCUT2D eigenvalue weighted by Gasteiger charge is 2.65. The van der Waals surface area contributed by atoms with Gasteiger partial charge in [0, 0.05) is 30.5 Å². The van der Waals surface area contributed by atoms with Gasteiger partial charge in [-0.3, -0.25) is 0 Å². The lowest BCUT2D eigenvalue weighted by atomic mass is 9.54. The number of benzene rings is 1. The van der Waals surface area contributed by atoms with Crippen LogP contribution in [0.1, 0.15) is 44.6 Å². The van der Waals surface area contributed by atoms with Gasteiger partial charge in [-0.2, -0.15) is 0 Å². The molecule has 3 atom stereocenters. The van der Waals surface area contributed by atoms with Crippen molar-refractivity contribution in [3.8, 4) is 5.75 Å². The van der Waals surface area contributed by atoms with E-state index in [2.05, 4.69) is 29.7 Å². The van der Waals surface area contributed by atoms with Gasteiger partial charge in [-0.05, 0) is 43.9 Å². The van der Waals surface area contributed by atoms with Crippen molar-refractivity contribution < 1.29 is 9.47 Å². The summed E-state index contributed by atoms with van der Waals surface area (Å²) in [6.45, 7) is 4.59. The fourth-order valence-electron chi connectivity index (χ4n) is 5.27. The molecule has 2 N–H and O–H groups in total. The standard InChI is InChI=1S/C21H31N3O2/c1-3-22-20(23-14-15-6-8-16(25-2)9-7-15)24-18-17-10-13-26-19(17)21(18)11-4-5-12-21/h6-9,17-19H,3-5,10-14H2,1-2H3,(H2,22,23,24). The van der Waals surface area contributed by atoms with Crippen molar-refractivity contribution in [2.24, 2.45) is 16.3 Å². The number of guanidine groups is 1. The number of nitrogens with zero attached hydrogens (tertiary/aromatic N) is 1. The van der Waals surface area contributed by atoms with E-state index in [1.165, 1.54) is 37.7 Å². The van der Waals surface area contributed by atoms with E-state index in [-0.39, 0.29) is 0 Å². The molecule has 1 aromatic rings. The van der Waals surface area contributed by atoms with E-state index < -0.39 is 0 Å². The van der Waals surface area contributed by atoms with E-state index in [4.69, 9.17) is 14.5 Å². The third-order valence-corrected chi connectivity index (χ3v) is 6.50. The Morgan fingerprint density at radius 3 is 2.73 bits per heavy atom. The number of nitrogens with one attached hydrogen (secondary N) is 2. The lowest BCUT2D eigenvalue weighted by Crippen LogP contribution is -2.69. The van der Waals surface area contributed by atoms with Gasteiger partial charge in [-0.1, -0.05) is 25.0 Å². The van der Waals surface area contributed by atoms with E-state index in [0.717, 1.165) is 24.9 Å². The van der Waals surface area contributed by atoms with Crippen LogP contribution in [0.2, 0.25) is 0 Å². The van der Waals surface area contributed by atoms with E-state index >= 15 is 0 Å². The molecular formula is C21H31N3O2. The average molecular weight is 357 g/mol. The first-order valence-electron chi connectivity index (χ1n) is 10.1. The Morgan fingerprint density at radius 1 is 1.27 bits per heavy atom. The topological polar surface area (TPSA) is 54.9 Å². The third kappa shape index (κ3) is 3.07. The Labute approximate surface area is 156 Å². The lowest BCUT2D eigenvalue weighted by Gasteiger charge is -2.57. The second-order valence-corrected chi connectivity index (χ2v) is 7.85.